The lowest BCUT2D eigenvalue weighted by molar-refractivity contribution is -0.154. The average Bonchev–Trinajstić information content (AvgIpc) is 3.25. The molecule has 2 amide bonds. The van der Waals surface area contributed by atoms with E-state index >= 15 is 0 Å². The van der Waals surface area contributed by atoms with Gasteiger partial charge in [-0.05, 0) is 58.2 Å². The van der Waals surface area contributed by atoms with Crippen molar-refractivity contribution in [2.24, 2.45) is 5.41 Å². The van der Waals surface area contributed by atoms with Crippen LogP contribution in [0.2, 0.25) is 0 Å². The fourth-order valence-corrected chi connectivity index (χ4v) is 7.02. The van der Waals surface area contributed by atoms with Crippen LogP contribution >= 0.6 is 11.3 Å². The van der Waals surface area contributed by atoms with Crippen molar-refractivity contribution in [3.63, 3.8) is 0 Å². The maximum Gasteiger partial charge on any atom is 0.409 e. The summed E-state index contributed by atoms with van der Waals surface area (Å²) in [5.41, 5.74) is -0.438. The summed E-state index contributed by atoms with van der Waals surface area (Å²) in [7, 11) is 0. The molecule has 1 spiro atoms. The molecule has 0 aromatic carbocycles. The first-order chi connectivity index (χ1) is 16.2. The van der Waals surface area contributed by atoms with E-state index in [1.165, 1.54) is 11.3 Å². The zero-order valence-electron chi connectivity index (χ0n) is 19.5. The van der Waals surface area contributed by atoms with Crippen molar-refractivity contribution in [2.45, 2.75) is 57.6 Å². The third-order valence-corrected chi connectivity index (χ3v) is 8.37. The quantitative estimate of drug-likeness (QED) is 0.635. The number of likely N-dealkylation sites (tertiary alicyclic amines) is 2. The predicted molar refractivity (Wildman–Crippen MR) is 128 cm³/mol. The number of nitrogens with zero attached hydrogens (tertiary/aromatic N) is 3. The molecule has 3 aliphatic rings. The molecule has 10 heteroatoms. The summed E-state index contributed by atoms with van der Waals surface area (Å²) in [6.45, 7) is 6.84. The Balaban J connectivity index is 1.28. The lowest BCUT2D eigenvalue weighted by Crippen LogP contribution is -2.53. The molecule has 0 aliphatic carbocycles. The number of nitrogens with one attached hydrogen (secondary N) is 1. The minimum Gasteiger partial charge on any atom is -0.465 e. The molecule has 0 bridgehead atoms. The molecule has 1 atom stereocenters. The number of hydrogen-bond donors (Lipinski definition) is 2. The van der Waals surface area contributed by atoms with Crippen LogP contribution in [0.5, 0.6) is 0 Å². The molecule has 9 nitrogen and oxygen atoms in total. The van der Waals surface area contributed by atoms with Gasteiger partial charge in [0.1, 0.15) is 15.4 Å². The highest BCUT2D eigenvalue weighted by Crippen LogP contribution is 2.47. The molecule has 182 valence electrons. The molecule has 2 N–H and O–H groups in total. The molecule has 2 aromatic rings. The number of piperidine rings is 2. The van der Waals surface area contributed by atoms with Gasteiger partial charge < -0.3 is 14.7 Å². The predicted octanol–water partition coefficient (Wildman–Crippen LogP) is 3.80. The number of thiophene rings is 1. The number of carbonyl (C=O) groups excluding carboxylic acids is 2. The molecule has 3 fully saturated rings. The number of rotatable bonds is 3. The Hall–Kier alpha value is -2.72. The van der Waals surface area contributed by atoms with Crippen LogP contribution in [0.3, 0.4) is 0 Å². The molecule has 3 aliphatic heterocycles. The molecular formula is C24H30N4O5S. The number of aromatic nitrogens is 1. The number of fused-ring (bicyclic) bond motifs is 1. The Labute approximate surface area is 202 Å². The van der Waals surface area contributed by atoms with Gasteiger partial charge in [0.2, 0.25) is 0 Å². The summed E-state index contributed by atoms with van der Waals surface area (Å²) >= 11 is 1.18. The number of cyclic esters (lactones) is 1. The van der Waals surface area contributed by atoms with Crippen LogP contribution in [0.25, 0.3) is 10.2 Å². The first kappa shape index (κ1) is 23.0. The van der Waals surface area contributed by atoms with Crippen molar-refractivity contribution in [2.75, 3.05) is 31.5 Å². The van der Waals surface area contributed by atoms with E-state index in [1.807, 2.05) is 18.7 Å². The number of carboxylic acid groups (broad SMARTS) is 1. The largest absolute Gasteiger partial charge is 0.465 e. The third kappa shape index (κ3) is 4.13. The van der Waals surface area contributed by atoms with Crippen LogP contribution in [0, 0.1) is 5.41 Å². The van der Waals surface area contributed by atoms with E-state index in [9.17, 15) is 19.5 Å². The number of hydrogen-bond acceptors (Lipinski definition) is 7. The van der Waals surface area contributed by atoms with Gasteiger partial charge in [-0.25, -0.2) is 9.78 Å². The second-order valence-corrected chi connectivity index (χ2v) is 11.3. The fraction of sp³-hybridized carbons (Fsp3) is 0.583. The minimum atomic E-state index is -1.20. The van der Waals surface area contributed by atoms with E-state index < -0.39 is 17.1 Å². The summed E-state index contributed by atoms with van der Waals surface area (Å²) in [5, 5.41) is 12.6. The molecule has 1 unspecified atom stereocenters. The van der Waals surface area contributed by atoms with Crippen LogP contribution in [0.4, 0.5) is 9.80 Å². The summed E-state index contributed by atoms with van der Waals surface area (Å²) in [5.74, 6) is -0.232. The van der Waals surface area contributed by atoms with Crippen molar-refractivity contribution < 1.29 is 24.2 Å². The molecule has 3 saturated heterocycles. The highest BCUT2D eigenvalue weighted by molar-refractivity contribution is 7.23. The fourth-order valence-electron chi connectivity index (χ4n) is 5.99. The Morgan fingerprint density at radius 3 is 2.71 bits per heavy atom. The number of ether oxygens (including phenoxy) is 1. The number of esters is 1. The summed E-state index contributed by atoms with van der Waals surface area (Å²) in [6, 6.07) is 3.88. The molecule has 5 rings (SSSR count). The van der Waals surface area contributed by atoms with Crippen molar-refractivity contribution in [3.05, 3.63) is 23.9 Å². The number of anilines is 1. The van der Waals surface area contributed by atoms with Gasteiger partial charge in [-0.3, -0.25) is 19.8 Å². The lowest BCUT2D eigenvalue weighted by Gasteiger charge is -2.44. The van der Waals surface area contributed by atoms with Crippen LogP contribution in [0.15, 0.2) is 18.3 Å². The van der Waals surface area contributed by atoms with E-state index in [1.54, 1.807) is 18.3 Å². The SMILES string of the molecule is CC1(C)CC2(CCCN(C3CCN(C(=O)c4c(NC(=O)O)sc5ncccc45)CC3)C2)C(=O)O1. The first-order valence-electron chi connectivity index (χ1n) is 11.8. The Morgan fingerprint density at radius 1 is 1.26 bits per heavy atom. The van der Waals surface area contributed by atoms with E-state index in [0.29, 0.717) is 39.9 Å². The van der Waals surface area contributed by atoms with Gasteiger partial charge in [0, 0.05) is 43.7 Å². The Kier molecular flexibility index (Phi) is 5.76. The second-order valence-electron chi connectivity index (χ2n) is 10.3. The van der Waals surface area contributed by atoms with Gasteiger partial charge in [0.05, 0.1) is 11.0 Å². The molecule has 0 radical (unpaired) electrons. The molecule has 0 saturated carbocycles. The summed E-state index contributed by atoms with van der Waals surface area (Å²) in [4.78, 5) is 46.7. The third-order valence-electron chi connectivity index (χ3n) is 7.34. The lowest BCUT2D eigenvalue weighted by atomic mass is 9.74. The zero-order valence-corrected chi connectivity index (χ0v) is 20.3. The van der Waals surface area contributed by atoms with Gasteiger partial charge in [-0.2, -0.15) is 0 Å². The van der Waals surface area contributed by atoms with Gasteiger partial charge in [0.15, 0.2) is 0 Å². The van der Waals surface area contributed by atoms with E-state index in [0.717, 1.165) is 45.2 Å². The Morgan fingerprint density at radius 2 is 2.03 bits per heavy atom. The second kappa shape index (κ2) is 8.49. The van der Waals surface area contributed by atoms with E-state index in [4.69, 9.17) is 4.74 Å². The monoisotopic (exact) mass is 486 g/mol. The Bertz CT molecular complexity index is 1140. The highest BCUT2D eigenvalue weighted by Gasteiger charge is 2.54. The smallest absolute Gasteiger partial charge is 0.409 e. The van der Waals surface area contributed by atoms with Crippen molar-refractivity contribution in [1.82, 2.24) is 14.8 Å². The average molecular weight is 487 g/mol. The maximum atomic E-state index is 13.5. The van der Waals surface area contributed by atoms with Crippen LogP contribution < -0.4 is 5.32 Å². The number of pyridine rings is 1. The number of amides is 2. The maximum absolute atomic E-state index is 13.5. The van der Waals surface area contributed by atoms with Crippen molar-refractivity contribution >= 4 is 44.5 Å². The van der Waals surface area contributed by atoms with Crippen molar-refractivity contribution in [3.8, 4) is 0 Å². The van der Waals surface area contributed by atoms with E-state index in [2.05, 4.69) is 15.2 Å². The summed E-state index contributed by atoms with van der Waals surface area (Å²) in [6.07, 6.45) is 4.68. The number of carbonyl (C=O) groups is 3. The van der Waals surface area contributed by atoms with Gasteiger partial charge in [-0.15, -0.1) is 0 Å². The molecule has 34 heavy (non-hydrogen) atoms. The topological polar surface area (TPSA) is 112 Å². The highest BCUT2D eigenvalue weighted by atomic mass is 32.1. The standard InChI is InChI=1S/C24H30N4O5S/c1-23(2)13-24(21(30)33-23)8-4-10-28(14-24)15-6-11-27(12-7-15)20(29)17-16-5-3-9-25-18(16)34-19(17)26-22(31)32/h3,5,9,15,26H,4,6-8,10-14H2,1-2H3,(H,31,32). The van der Waals surface area contributed by atoms with Crippen LogP contribution in [-0.4, -0.2) is 75.7 Å². The van der Waals surface area contributed by atoms with Gasteiger partial charge in [-0.1, -0.05) is 11.3 Å². The van der Waals surface area contributed by atoms with E-state index in [-0.39, 0.29) is 11.9 Å². The summed E-state index contributed by atoms with van der Waals surface area (Å²) < 4.78 is 5.67. The minimum absolute atomic E-state index is 0.0637. The first-order valence-corrected chi connectivity index (χ1v) is 12.6. The molecular weight excluding hydrogens is 456 g/mol. The van der Waals surface area contributed by atoms with Crippen molar-refractivity contribution in [1.29, 1.82) is 0 Å². The normalized spacial score (nSPS) is 25.6. The zero-order chi connectivity index (χ0) is 24.1. The molecule has 5 heterocycles. The van der Waals surface area contributed by atoms with Gasteiger partial charge in [0.25, 0.3) is 5.91 Å². The molecule has 2 aromatic heterocycles. The van der Waals surface area contributed by atoms with Crippen LogP contribution in [-0.2, 0) is 9.53 Å². The van der Waals surface area contributed by atoms with Crippen LogP contribution in [0.1, 0.15) is 56.3 Å². The van der Waals surface area contributed by atoms with Gasteiger partial charge >= 0.3 is 12.1 Å².